The van der Waals surface area contributed by atoms with Crippen LogP contribution in [0.4, 0.5) is 4.79 Å². The number of hydrogen-bond donors (Lipinski definition) is 1. The van der Waals surface area contributed by atoms with Crippen molar-refractivity contribution in [1.82, 2.24) is 10.2 Å². The monoisotopic (exact) mass is 358 g/mol. The molecule has 6 unspecified atom stereocenters. The molecule has 4 nitrogen and oxygen atoms in total. The predicted octanol–water partition coefficient (Wildman–Crippen LogP) is 3.99. The fraction of sp³-hybridized carbons (Fsp3) is 0.773. The summed E-state index contributed by atoms with van der Waals surface area (Å²) in [5.74, 6) is 4.07. The van der Waals surface area contributed by atoms with Gasteiger partial charge in [0, 0.05) is 13.1 Å². The van der Waals surface area contributed by atoms with E-state index >= 15 is 0 Å². The highest BCUT2D eigenvalue weighted by Gasteiger charge is 2.46. The standard InChI is InChI=1S/C22H34N2O2/c1-24(2)13-12-23-22(25)26-17-8-11-19-16(14-17)7-10-20-18-5-3-4-15(18)6-9-21(19)20/h3-5,15-17,19-21H,6-14H2,1-2H3,(H,23,25). The van der Waals surface area contributed by atoms with Crippen LogP contribution in [-0.4, -0.2) is 44.3 Å². The summed E-state index contributed by atoms with van der Waals surface area (Å²) in [4.78, 5) is 14.1. The van der Waals surface area contributed by atoms with Gasteiger partial charge in [-0.1, -0.05) is 23.8 Å². The molecule has 1 amide bonds. The molecule has 1 N–H and O–H groups in total. The molecule has 4 aliphatic rings. The Balaban J connectivity index is 1.29. The third-order valence-corrected chi connectivity index (χ3v) is 7.31. The van der Waals surface area contributed by atoms with E-state index in [-0.39, 0.29) is 12.2 Å². The van der Waals surface area contributed by atoms with Gasteiger partial charge in [0.1, 0.15) is 6.10 Å². The largest absolute Gasteiger partial charge is 0.446 e. The summed E-state index contributed by atoms with van der Waals surface area (Å²) in [6, 6.07) is 0. The van der Waals surface area contributed by atoms with E-state index in [1.165, 1.54) is 32.1 Å². The summed E-state index contributed by atoms with van der Waals surface area (Å²) < 4.78 is 5.74. The van der Waals surface area contributed by atoms with Crippen molar-refractivity contribution < 1.29 is 9.53 Å². The maximum absolute atomic E-state index is 12.0. The van der Waals surface area contributed by atoms with Gasteiger partial charge in [-0.15, -0.1) is 0 Å². The lowest BCUT2D eigenvalue weighted by atomic mass is 9.55. The maximum Gasteiger partial charge on any atom is 0.407 e. The van der Waals surface area contributed by atoms with Crippen molar-refractivity contribution >= 4 is 6.09 Å². The molecule has 6 atom stereocenters. The summed E-state index contributed by atoms with van der Waals surface area (Å²) >= 11 is 0. The fourth-order valence-electron chi connectivity index (χ4n) is 6.13. The third-order valence-electron chi connectivity index (χ3n) is 7.31. The molecule has 4 rings (SSSR count). The van der Waals surface area contributed by atoms with Crippen molar-refractivity contribution in [2.75, 3.05) is 27.2 Å². The molecule has 0 aromatic rings. The highest BCUT2D eigenvalue weighted by molar-refractivity contribution is 5.67. The van der Waals surface area contributed by atoms with Gasteiger partial charge in [0.15, 0.2) is 0 Å². The zero-order chi connectivity index (χ0) is 18.1. The zero-order valence-electron chi connectivity index (χ0n) is 16.3. The number of carbonyl (C=O) groups is 1. The minimum Gasteiger partial charge on any atom is -0.446 e. The summed E-state index contributed by atoms with van der Waals surface area (Å²) in [7, 11) is 4.02. The Morgan fingerprint density at radius 2 is 2.00 bits per heavy atom. The second kappa shape index (κ2) is 7.75. The van der Waals surface area contributed by atoms with Crippen molar-refractivity contribution in [3.8, 4) is 0 Å². The molecule has 4 heteroatoms. The first kappa shape index (κ1) is 18.1. The van der Waals surface area contributed by atoms with Gasteiger partial charge in [-0.05, 0) is 88.6 Å². The van der Waals surface area contributed by atoms with Crippen LogP contribution < -0.4 is 5.32 Å². The number of alkyl carbamates (subject to hydrolysis) is 1. The van der Waals surface area contributed by atoms with Crippen molar-refractivity contribution in [2.45, 2.75) is 51.0 Å². The molecule has 0 saturated heterocycles. The normalized spacial score (nSPS) is 38.2. The molecule has 26 heavy (non-hydrogen) atoms. The lowest BCUT2D eigenvalue weighted by Gasteiger charge is -2.50. The van der Waals surface area contributed by atoms with Gasteiger partial charge in [-0.2, -0.15) is 0 Å². The Kier molecular flexibility index (Phi) is 5.40. The number of nitrogens with zero attached hydrogens (tertiary/aromatic N) is 1. The van der Waals surface area contributed by atoms with Gasteiger partial charge in [-0.25, -0.2) is 4.79 Å². The summed E-state index contributed by atoms with van der Waals surface area (Å²) in [5, 5.41) is 2.89. The molecule has 4 aliphatic carbocycles. The quantitative estimate of drug-likeness (QED) is 0.826. The van der Waals surface area contributed by atoms with E-state index in [0.29, 0.717) is 6.54 Å². The number of rotatable bonds is 4. The topological polar surface area (TPSA) is 41.6 Å². The van der Waals surface area contributed by atoms with E-state index in [1.54, 1.807) is 5.57 Å². The van der Waals surface area contributed by atoms with E-state index in [2.05, 4.69) is 28.4 Å². The lowest BCUT2D eigenvalue weighted by molar-refractivity contribution is -0.0145. The second-order valence-corrected chi connectivity index (χ2v) is 9.08. The van der Waals surface area contributed by atoms with E-state index in [1.807, 2.05) is 14.1 Å². The molecule has 0 radical (unpaired) electrons. The third kappa shape index (κ3) is 3.71. The first-order valence-electron chi connectivity index (χ1n) is 10.6. The van der Waals surface area contributed by atoms with Gasteiger partial charge in [0.2, 0.25) is 0 Å². The average molecular weight is 359 g/mol. The molecule has 3 fully saturated rings. The number of fused-ring (bicyclic) bond motifs is 5. The predicted molar refractivity (Wildman–Crippen MR) is 104 cm³/mol. The molecular formula is C22H34N2O2. The number of likely N-dealkylation sites (N-methyl/N-ethyl adjacent to an activating group) is 1. The number of allylic oxidation sites excluding steroid dienone is 4. The van der Waals surface area contributed by atoms with Crippen LogP contribution >= 0.6 is 0 Å². The molecule has 0 aromatic carbocycles. The van der Waals surface area contributed by atoms with Crippen molar-refractivity contribution in [3.05, 3.63) is 23.8 Å². The maximum atomic E-state index is 12.0. The minimum atomic E-state index is -0.230. The average Bonchev–Trinajstić information content (AvgIpc) is 3.09. The van der Waals surface area contributed by atoms with E-state index in [9.17, 15) is 4.79 Å². The van der Waals surface area contributed by atoms with E-state index < -0.39 is 0 Å². The van der Waals surface area contributed by atoms with Crippen LogP contribution in [0.3, 0.4) is 0 Å². The van der Waals surface area contributed by atoms with Crippen LogP contribution in [0.25, 0.3) is 0 Å². The molecule has 0 heterocycles. The lowest BCUT2D eigenvalue weighted by Crippen LogP contribution is -2.44. The molecule has 3 saturated carbocycles. The Hall–Kier alpha value is -1.29. The number of carbonyl (C=O) groups excluding carboxylic acids is 1. The van der Waals surface area contributed by atoms with Crippen molar-refractivity contribution in [3.63, 3.8) is 0 Å². The highest BCUT2D eigenvalue weighted by atomic mass is 16.6. The molecule has 144 valence electrons. The summed E-state index contributed by atoms with van der Waals surface area (Å²) in [6.07, 6.45) is 15.8. The van der Waals surface area contributed by atoms with Crippen LogP contribution in [0.5, 0.6) is 0 Å². The molecule has 0 bridgehead atoms. The Morgan fingerprint density at radius 3 is 2.85 bits per heavy atom. The van der Waals surface area contributed by atoms with Crippen molar-refractivity contribution in [1.29, 1.82) is 0 Å². The fourth-order valence-corrected chi connectivity index (χ4v) is 6.13. The minimum absolute atomic E-state index is 0.121. The Morgan fingerprint density at radius 1 is 1.15 bits per heavy atom. The van der Waals surface area contributed by atoms with Crippen LogP contribution in [-0.2, 0) is 4.74 Å². The number of nitrogens with one attached hydrogen (secondary N) is 1. The number of amides is 1. The van der Waals surface area contributed by atoms with E-state index in [4.69, 9.17) is 4.74 Å². The van der Waals surface area contributed by atoms with Crippen LogP contribution in [0.15, 0.2) is 23.8 Å². The van der Waals surface area contributed by atoms with Crippen LogP contribution in [0.2, 0.25) is 0 Å². The van der Waals surface area contributed by atoms with Crippen LogP contribution in [0.1, 0.15) is 44.9 Å². The molecule has 0 aliphatic heterocycles. The SMILES string of the molecule is CN(C)CCNC(=O)OC1CCC2C(CCC3C4=CC=CC4CCC32)C1. The first-order chi connectivity index (χ1) is 12.6. The smallest absolute Gasteiger partial charge is 0.407 e. The number of hydrogen-bond acceptors (Lipinski definition) is 3. The number of ether oxygens (including phenoxy) is 1. The van der Waals surface area contributed by atoms with Gasteiger partial charge in [-0.3, -0.25) is 0 Å². The Labute approximate surface area is 158 Å². The molecular weight excluding hydrogens is 324 g/mol. The van der Waals surface area contributed by atoms with Gasteiger partial charge >= 0.3 is 6.09 Å². The Bertz CT molecular complexity index is 583. The van der Waals surface area contributed by atoms with Crippen molar-refractivity contribution in [2.24, 2.45) is 29.6 Å². The van der Waals surface area contributed by atoms with Gasteiger partial charge in [0.05, 0.1) is 0 Å². The van der Waals surface area contributed by atoms with Gasteiger partial charge < -0.3 is 15.0 Å². The first-order valence-corrected chi connectivity index (χ1v) is 10.6. The van der Waals surface area contributed by atoms with Crippen LogP contribution in [0, 0.1) is 29.6 Å². The van der Waals surface area contributed by atoms with E-state index in [0.717, 1.165) is 49.0 Å². The van der Waals surface area contributed by atoms with Gasteiger partial charge in [0.25, 0.3) is 0 Å². The highest BCUT2D eigenvalue weighted by Crippen LogP contribution is 2.55. The zero-order valence-corrected chi connectivity index (χ0v) is 16.3. The molecule has 0 spiro atoms. The summed E-state index contributed by atoms with van der Waals surface area (Å²) in [6.45, 7) is 1.50. The second-order valence-electron chi connectivity index (χ2n) is 9.08. The molecule has 0 aromatic heterocycles. The summed E-state index contributed by atoms with van der Waals surface area (Å²) in [5.41, 5.74) is 1.73.